The van der Waals surface area contributed by atoms with E-state index in [0.29, 0.717) is 11.4 Å². The van der Waals surface area contributed by atoms with E-state index in [2.05, 4.69) is 75.8 Å². The van der Waals surface area contributed by atoms with Crippen molar-refractivity contribution in [3.05, 3.63) is 96.1 Å². The van der Waals surface area contributed by atoms with Crippen molar-refractivity contribution in [1.82, 2.24) is 9.80 Å². The molecule has 1 atom stereocenters. The number of hydrogen-bond acceptors (Lipinski definition) is 4. The summed E-state index contributed by atoms with van der Waals surface area (Å²) in [4.78, 5) is 17.7. The molecule has 1 aliphatic heterocycles. The van der Waals surface area contributed by atoms with Crippen LogP contribution < -0.4 is 10.1 Å². The molecular weight excluding hydrogens is 398 g/mol. The molecule has 1 aliphatic rings. The normalized spacial score (nSPS) is 16.0. The second-order valence-corrected chi connectivity index (χ2v) is 8.16. The monoisotopic (exact) mass is 429 g/mol. The molecule has 4 rings (SSSR count). The van der Waals surface area contributed by atoms with E-state index in [1.54, 1.807) is 7.11 Å². The van der Waals surface area contributed by atoms with Gasteiger partial charge >= 0.3 is 0 Å². The smallest absolute Gasteiger partial charge is 0.241 e. The summed E-state index contributed by atoms with van der Waals surface area (Å²) < 4.78 is 5.36. The van der Waals surface area contributed by atoms with Crippen LogP contribution in [0.25, 0.3) is 0 Å². The molecule has 3 aromatic carbocycles. The lowest BCUT2D eigenvalue weighted by atomic mass is 9.96. The SMILES string of the molecule is COc1ccccc1NC(=O)[C@@H](C)N1CCN(C(c2ccccc2)c2ccccc2)CC1. The minimum absolute atomic E-state index is 0.00869. The highest BCUT2D eigenvalue weighted by Crippen LogP contribution is 2.30. The summed E-state index contributed by atoms with van der Waals surface area (Å²) in [7, 11) is 1.61. The molecule has 166 valence electrons. The van der Waals surface area contributed by atoms with E-state index < -0.39 is 0 Å². The van der Waals surface area contributed by atoms with Crippen LogP contribution in [0.15, 0.2) is 84.9 Å². The lowest BCUT2D eigenvalue weighted by Crippen LogP contribution is -2.53. The van der Waals surface area contributed by atoms with Crippen molar-refractivity contribution in [2.24, 2.45) is 0 Å². The molecule has 0 unspecified atom stereocenters. The molecule has 1 heterocycles. The molecule has 0 aromatic heterocycles. The number of carbonyl (C=O) groups is 1. The Kier molecular flexibility index (Phi) is 7.20. The predicted octanol–water partition coefficient (Wildman–Crippen LogP) is 4.43. The molecule has 0 aliphatic carbocycles. The van der Waals surface area contributed by atoms with Crippen LogP contribution in [0.1, 0.15) is 24.1 Å². The molecule has 32 heavy (non-hydrogen) atoms. The van der Waals surface area contributed by atoms with Gasteiger partial charge in [0.2, 0.25) is 5.91 Å². The first-order valence-corrected chi connectivity index (χ1v) is 11.2. The quantitative estimate of drug-likeness (QED) is 0.604. The minimum atomic E-state index is -0.214. The summed E-state index contributed by atoms with van der Waals surface area (Å²) >= 11 is 0. The van der Waals surface area contributed by atoms with Crippen molar-refractivity contribution in [3.8, 4) is 5.75 Å². The first kappa shape index (κ1) is 22.1. The maximum atomic E-state index is 12.9. The number of methoxy groups -OCH3 is 1. The zero-order valence-electron chi connectivity index (χ0n) is 18.8. The third-order valence-electron chi connectivity index (χ3n) is 6.24. The second kappa shape index (κ2) is 10.4. The maximum absolute atomic E-state index is 12.9. The largest absolute Gasteiger partial charge is 0.495 e. The Hall–Kier alpha value is -3.15. The van der Waals surface area contributed by atoms with E-state index in [1.807, 2.05) is 31.2 Å². The summed E-state index contributed by atoms with van der Waals surface area (Å²) in [6.07, 6.45) is 0. The Bertz CT molecular complexity index is 962. The first-order valence-electron chi connectivity index (χ1n) is 11.2. The molecule has 1 amide bonds. The van der Waals surface area contributed by atoms with Gasteiger partial charge in [-0.2, -0.15) is 0 Å². The molecule has 5 heteroatoms. The molecule has 3 aromatic rings. The number of amides is 1. The molecule has 5 nitrogen and oxygen atoms in total. The molecule has 0 radical (unpaired) electrons. The van der Waals surface area contributed by atoms with Crippen molar-refractivity contribution < 1.29 is 9.53 Å². The molecule has 1 fully saturated rings. The van der Waals surface area contributed by atoms with E-state index in [0.717, 1.165) is 26.2 Å². The molecule has 0 saturated carbocycles. The van der Waals surface area contributed by atoms with Gasteiger partial charge in [0.1, 0.15) is 5.75 Å². The Morgan fingerprint density at radius 1 is 0.781 bits per heavy atom. The van der Waals surface area contributed by atoms with Crippen LogP contribution in [0.2, 0.25) is 0 Å². The van der Waals surface area contributed by atoms with Gasteiger partial charge in [0.25, 0.3) is 0 Å². The van der Waals surface area contributed by atoms with Gasteiger partial charge < -0.3 is 10.1 Å². The van der Waals surface area contributed by atoms with Crippen molar-refractivity contribution in [2.45, 2.75) is 19.0 Å². The minimum Gasteiger partial charge on any atom is -0.495 e. The van der Waals surface area contributed by atoms with Crippen molar-refractivity contribution in [2.75, 3.05) is 38.6 Å². The molecule has 0 bridgehead atoms. The number of ether oxygens (including phenoxy) is 1. The van der Waals surface area contributed by atoms with Crippen LogP contribution in [-0.2, 0) is 4.79 Å². The van der Waals surface area contributed by atoms with E-state index in [-0.39, 0.29) is 18.0 Å². The molecule has 1 N–H and O–H groups in total. The average Bonchev–Trinajstić information content (AvgIpc) is 2.86. The number of hydrogen-bond donors (Lipinski definition) is 1. The fourth-order valence-corrected chi connectivity index (χ4v) is 4.42. The summed E-state index contributed by atoms with van der Waals surface area (Å²) in [6.45, 7) is 5.47. The van der Waals surface area contributed by atoms with Gasteiger partial charge in [0.15, 0.2) is 0 Å². The Labute approximate surface area is 190 Å². The summed E-state index contributed by atoms with van der Waals surface area (Å²) in [6, 6.07) is 28.9. The third-order valence-corrected chi connectivity index (χ3v) is 6.24. The third kappa shape index (κ3) is 5.01. The van der Waals surface area contributed by atoms with Crippen LogP contribution in [0, 0.1) is 0 Å². The van der Waals surface area contributed by atoms with E-state index in [9.17, 15) is 4.79 Å². The molecular formula is C27H31N3O2. The summed E-state index contributed by atoms with van der Waals surface area (Å²) in [5.41, 5.74) is 3.31. The Morgan fingerprint density at radius 3 is 1.84 bits per heavy atom. The van der Waals surface area contributed by atoms with Gasteiger partial charge in [-0.15, -0.1) is 0 Å². The lowest BCUT2D eigenvalue weighted by molar-refractivity contribution is -0.121. The predicted molar refractivity (Wildman–Crippen MR) is 129 cm³/mol. The van der Waals surface area contributed by atoms with Crippen LogP contribution >= 0.6 is 0 Å². The molecule has 1 saturated heterocycles. The number of nitrogens with zero attached hydrogens (tertiary/aromatic N) is 2. The van der Waals surface area contributed by atoms with Gasteiger partial charge in [-0.05, 0) is 30.2 Å². The standard InChI is InChI=1S/C27H31N3O2/c1-21(27(31)28-24-15-9-10-16-25(24)32-2)29-17-19-30(20-18-29)26(22-11-5-3-6-12-22)23-13-7-4-8-14-23/h3-16,21,26H,17-20H2,1-2H3,(H,28,31)/t21-/m1/s1. The van der Waals surface area contributed by atoms with Gasteiger partial charge in [-0.25, -0.2) is 0 Å². The zero-order valence-corrected chi connectivity index (χ0v) is 18.8. The topological polar surface area (TPSA) is 44.8 Å². The fraction of sp³-hybridized carbons (Fsp3) is 0.296. The van der Waals surface area contributed by atoms with Gasteiger partial charge in [0.05, 0.1) is 24.9 Å². The van der Waals surface area contributed by atoms with Crippen molar-refractivity contribution in [3.63, 3.8) is 0 Å². The highest BCUT2D eigenvalue weighted by molar-refractivity contribution is 5.95. The first-order chi connectivity index (χ1) is 15.7. The lowest BCUT2D eigenvalue weighted by Gasteiger charge is -2.41. The Balaban J connectivity index is 1.42. The fourth-order valence-electron chi connectivity index (χ4n) is 4.42. The Morgan fingerprint density at radius 2 is 1.28 bits per heavy atom. The number of piperazine rings is 1. The van der Waals surface area contributed by atoms with E-state index in [4.69, 9.17) is 4.74 Å². The van der Waals surface area contributed by atoms with Gasteiger partial charge in [-0.3, -0.25) is 14.6 Å². The summed E-state index contributed by atoms with van der Waals surface area (Å²) in [5.74, 6) is 0.664. The maximum Gasteiger partial charge on any atom is 0.241 e. The van der Waals surface area contributed by atoms with Gasteiger partial charge in [0, 0.05) is 26.2 Å². The van der Waals surface area contributed by atoms with Gasteiger partial charge in [-0.1, -0.05) is 72.8 Å². The van der Waals surface area contributed by atoms with Crippen LogP contribution in [0.3, 0.4) is 0 Å². The average molecular weight is 430 g/mol. The van der Waals surface area contributed by atoms with Crippen LogP contribution in [0.4, 0.5) is 5.69 Å². The second-order valence-electron chi connectivity index (χ2n) is 8.16. The number of carbonyl (C=O) groups excluding carboxylic acids is 1. The van der Waals surface area contributed by atoms with E-state index >= 15 is 0 Å². The number of benzene rings is 3. The van der Waals surface area contributed by atoms with Crippen LogP contribution in [-0.4, -0.2) is 55.0 Å². The summed E-state index contributed by atoms with van der Waals surface area (Å²) in [5, 5.41) is 3.02. The van der Waals surface area contributed by atoms with Crippen LogP contribution in [0.5, 0.6) is 5.75 Å². The van der Waals surface area contributed by atoms with Crippen molar-refractivity contribution >= 4 is 11.6 Å². The zero-order chi connectivity index (χ0) is 22.3. The number of nitrogens with one attached hydrogen (secondary N) is 1. The highest BCUT2D eigenvalue weighted by Gasteiger charge is 2.30. The molecule has 0 spiro atoms. The van der Waals surface area contributed by atoms with E-state index in [1.165, 1.54) is 11.1 Å². The number of para-hydroxylation sites is 2. The van der Waals surface area contributed by atoms with Crippen molar-refractivity contribution in [1.29, 1.82) is 0 Å². The number of anilines is 1. The number of rotatable bonds is 7. The highest BCUT2D eigenvalue weighted by atomic mass is 16.5.